The number of rotatable bonds is 7. The quantitative estimate of drug-likeness (QED) is 0.778. The lowest BCUT2D eigenvalue weighted by Gasteiger charge is -2.30. The highest BCUT2D eigenvalue weighted by Crippen LogP contribution is 2.43. The van der Waals surface area contributed by atoms with Crippen molar-refractivity contribution in [2.75, 3.05) is 0 Å². The van der Waals surface area contributed by atoms with Gasteiger partial charge in [-0.1, -0.05) is 44.4 Å². The zero-order chi connectivity index (χ0) is 15.3. The lowest BCUT2D eigenvalue weighted by atomic mass is 9.78. The summed E-state index contributed by atoms with van der Waals surface area (Å²) in [5, 5.41) is 11.0. The van der Waals surface area contributed by atoms with Crippen molar-refractivity contribution in [1.82, 2.24) is 0 Å². The van der Waals surface area contributed by atoms with E-state index < -0.39 is 11.6 Å². The summed E-state index contributed by atoms with van der Waals surface area (Å²) in [5.41, 5.74) is 0.267. The minimum Gasteiger partial charge on any atom is -0.379 e. The van der Waals surface area contributed by atoms with Gasteiger partial charge >= 0.3 is 5.97 Å². The summed E-state index contributed by atoms with van der Waals surface area (Å²) in [6.45, 7) is 2.11. The summed E-state index contributed by atoms with van der Waals surface area (Å²) in [7, 11) is 0. The molecule has 0 aromatic heterocycles. The van der Waals surface area contributed by atoms with Crippen molar-refractivity contribution in [3.05, 3.63) is 29.8 Å². The average molecular weight is 310 g/mol. The average Bonchev–Trinajstić information content (AvgIpc) is 2.85. The smallest absolute Gasteiger partial charge is 0.325 e. The van der Waals surface area contributed by atoms with E-state index in [0.717, 1.165) is 36.9 Å². The summed E-state index contributed by atoms with van der Waals surface area (Å²) in [6.07, 6.45) is 5.41. The van der Waals surface area contributed by atoms with Gasteiger partial charge in [-0.15, -0.1) is 0 Å². The number of nitrogens with zero attached hydrogens (tertiary/aromatic N) is 1. The van der Waals surface area contributed by atoms with Crippen molar-refractivity contribution in [1.29, 1.82) is 0 Å². The van der Waals surface area contributed by atoms with Crippen LogP contribution < -0.4 is 0 Å². The largest absolute Gasteiger partial charge is 0.379 e. The van der Waals surface area contributed by atoms with E-state index in [0.29, 0.717) is 0 Å². The molecule has 1 aromatic rings. The normalized spacial score (nSPS) is 21.1. The molecule has 0 saturated heterocycles. The number of carbonyl (C=O) groups is 1. The molecule has 1 aliphatic heterocycles. The van der Waals surface area contributed by atoms with Gasteiger partial charge in [0.25, 0.3) is 0 Å². The van der Waals surface area contributed by atoms with Crippen LogP contribution in [0.5, 0.6) is 0 Å². The molecule has 1 N–H and O–H groups in total. The van der Waals surface area contributed by atoms with Crippen molar-refractivity contribution in [2.24, 2.45) is 10.9 Å². The third kappa shape index (κ3) is 3.44. The fourth-order valence-corrected chi connectivity index (χ4v) is 2.90. The van der Waals surface area contributed by atoms with Crippen molar-refractivity contribution >= 4 is 29.7 Å². The molecule has 114 valence electrons. The molecule has 21 heavy (non-hydrogen) atoms. The third-order valence-electron chi connectivity index (χ3n) is 4.01. The summed E-state index contributed by atoms with van der Waals surface area (Å²) < 4.78 is 4.26. The monoisotopic (exact) mass is 309 g/mol. The van der Waals surface area contributed by atoms with Crippen LogP contribution in [-0.2, 0) is 14.7 Å². The van der Waals surface area contributed by atoms with Crippen LogP contribution >= 0.6 is 11.9 Å². The molecule has 0 amide bonds. The second-order valence-corrected chi connectivity index (χ2v) is 5.60. The van der Waals surface area contributed by atoms with Crippen LogP contribution in [-0.4, -0.2) is 17.3 Å². The van der Waals surface area contributed by atoms with E-state index in [9.17, 15) is 9.90 Å². The molecule has 1 aliphatic rings. The van der Waals surface area contributed by atoms with Gasteiger partial charge in [0.2, 0.25) is 0 Å². The first-order valence-electron chi connectivity index (χ1n) is 7.30. The Morgan fingerprint density at radius 2 is 2.19 bits per heavy atom. The van der Waals surface area contributed by atoms with Crippen LogP contribution in [0.4, 0.5) is 5.69 Å². The summed E-state index contributed by atoms with van der Waals surface area (Å²) in [6, 6.07) is 7.44. The van der Waals surface area contributed by atoms with E-state index in [2.05, 4.69) is 16.2 Å². The van der Waals surface area contributed by atoms with Gasteiger partial charge in [0.05, 0.1) is 12.1 Å². The number of para-hydroxylation sites is 1. The second kappa shape index (κ2) is 7.05. The van der Waals surface area contributed by atoms with Crippen LogP contribution in [0.2, 0.25) is 0 Å². The molecule has 5 heteroatoms. The van der Waals surface area contributed by atoms with Gasteiger partial charge in [-0.05, 0) is 12.5 Å². The molecule has 0 radical (unpaired) electrons. The number of benzene rings is 1. The molecule has 0 spiro atoms. The molecular formula is C16H20ClNO3. The van der Waals surface area contributed by atoms with E-state index in [1.807, 2.05) is 24.3 Å². The Morgan fingerprint density at radius 3 is 2.90 bits per heavy atom. The van der Waals surface area contributed by atoms with Crippen LogP contribution in [0.15, 0.2) is 29.3 Å². The topological polar surface area (TPSA) is 58.9 Å². The first kappa shape index (κ1) is 16.0. The summed E-state index contributed by atoms with van der Waals surface area (Å²) >= 11 is 5.14. The first-order valence-corrected chi connectivity index (χ1v) is 7.61. The minimum atomic E-state index is -1.23. The first-order chi connectivity index (χ1) is 10.1. The van der Waals surface area contributed by atoms with Crippen molar-refractivity contribution < 1.29 is 14.2 Å². The van der Waals surface area contributed by atoms with Crippen LogP contribution in [0, 0.1) is 5.92 Å². The molecule has 2 rings (SSSR count). The molecule has 4 nitrogen and oxygen atoms in total. The van der Waals surface area contributed by atoms with Gasteiger partial charge in [-0.25, -0.2) is 0 Å². The van der Waals surface area contributed by atoms with Gasteiger partial charge < -0.3 is 9.40 Å². The molecule has 2 unspecified atom stereocenters. The van der Waals surface area contributed by atoms with Gasteiger partial charge in [0, 0.05) is 17.7 Å². The fraction of sp³-hybridized carbons (Fsp3) is 0.500. The zero-order valence-electron chi connectivity index (χ0n) is 12.1. The Balaban J connectivity index is 2.23. The fourth-order valence-electron chi connectivity index (χ4n) is 2.84. The van der Waals surface area contributed by atoms with E-state index in [4.69, 9.17) is 11.9 Å². The van der Waals surface area contributed by atoms with Gasteiger partial charge in [-0.2, -0.15) is 0 Å². The van der Waals surface area contributed by atoms with E-state index >= 15 is 0 Å². The lowest BCUT2D eigenvalue weighted by molar-refractivity contribution is -0.136. The Kier molecular flexibility index (Phi) is 5.37. The molecule has 1 aromatic carbocycles. The highest BCUT2D eigenvalue weighted by molar-refractivity contribution is 6.13. The van der Waals surface area contributed by atoms with Crippen LogP contribution in [0.25, 0.3) is 0 Å². The molecule has 2 atom stereocenters. The number of hydrogen-bond acceptors (Lipinski definition) is 4. The highest BCUT2D eigenvalue weighted by atomic mass is 35.5. The molecule has 1 heterocycles. The van der Waals surface area contributed by atoms with Crippen molar-refractivity contribution in [3.63, 3.8) is 0 Å². The Morgan fingerprint density at radius 1 is 1.43 bits per heavy atom. The number of unbranched alkanes of at least 4 members (excludes halogenated alkanes) is 2. The molecule has 0 fully saturated rings. The molecule has 0 bridgehead atoms. The lowest BCUT2D eigenvalue weighted by Crippen LogP contribution is -2.36. The van der Waals surface area contributed by atoms with E-state index in [1.54, 1.807) is 0 Å². The summed E-state index contributed by atoms with van der Waals surface area (Å²) in [4.78, 5) is 15.8. The molecular weight excluding hydrogens is 290 g/mol. The van der Waals surface area contributed by atoms with Crippen LogP contribution in [0.3, 0.4) is 0 Å². The number of hydrogen-bond donors (Lipinski definition) is 1. The number of fused-ring (bicyclic) bond motifs is 1. The van der Waals surface area contributed by atoms with E-state index in [1.165, 1.54) is 6.21 Å². The van der Waals surface area contributed by atoms with Crippen molar-refractivity contribution in [2.45, 2.75) is 44.6 Å². The van der Waals surface area contributed by atoms with E-state index in [-0.39, 0.29) is 12.3 Å². The molecule has 0 aliphatic carbocycles. The number of aliphatic imine (C=N–C) groups is 1. The van der Waals surface area contributed by atoms with Gasteiger partial charge in [0.1, 0.15) is 17.5 Å². The third-order valence-corrected chi connectivity index (χ3v) is 4.19. The standard InChI is InChI=1S/C16H20ClNO3/c1-2-3-4-7-12(10-15(19)21-17)16(20)11-18-14-9-6-5-8-13(14)16/h5-6,8-9,11-12,20H,2-4,7,10H2,1H3. The Hall–Kier alpha value is -1.39. The van der Waals surface area contributed by atoms with Crippen molar-refractivity contribution in [3.8, 4) is 0 Å². The Labute approximate surface area is 130 Å². The maximum absolute atomic E-state index is 11.6. The second-order valence-electron chi connectivity index (χ2n) is 5.45. The summed E-state index contributed by atoms with van der Waals surface area (Å²) in [5.74, 6) is -0.813. The van der Waals surface area contributed by atoms with Gasteiger partial charge in [-0.3, -0.25) is 9.79 Å². The molecule has 0 saturated carbocycles. The SMILES string of the molecule is CCCCCC(CC(=O)OCl)C1(O)C=Nc2ccccc21. The zero-order valence-corrected chi connectivity index (χ0v) is 12.8. The maximum Gasteiger partial charge on any atom is 0.325 e. The maximum atomic E-state index is 11.6. The number of aliphatic hydroxyl groups is 1. The predicted molar refractivity (Wildman–Crippen MR) is 82.7 cm³/mol. The Bertz CT molecular complexity index is 532. The van der Waals surface area contributed by atoms with Gasteiger partial charge in [0.15, 0.2) is 0 Å². The number of carbonyl (C=O) groups excluding carboxylic acids is 1. The number of halogens is 1. The predicted octanol–water partition coefficient (Wildman–Crippen LogP) is 3.87. The van der Waals surface area contributed by atoms with Crippen LogP contribution in [0.1, 0.15) is 44.6 Å². The minimum absolute atomic E-state index is 0.0735. The highest BCUT2D eigenvalue weighted by Gasteiger charge is 2.42.